The molecule has 0 saturated carbocycles. The summed E-state index contributed by atoms with van der Waals surface area (Å²) >= 11 is 0. The van der Waals surface area contributed by atoms with Crippen LogP contribution in [0.1, 0.15) is 18.6 Å². The SMILES string of the molecule is CC(O)c1c(O)cc2oc(-c3ccc(O)c(O)c3)c(O)c(=O)c2c1O. The Bertz CT molecular complexity index is 1050. The molecule has 8 nitrogen and oxygen atoms in total. The molecule has 0 fully saturated rings. The van der Waals surface area contributed by atoms with E-state index in [-0.39, 0.29) is 22.5 Å². The Kier molecular flexibility index (Phi) is 3.69. The van der Waals surface area contributed by atoms with Gasteiger partial charge in [-0.15, -0.1) is 0 Å². The lowest BCUT2D eigenvalue weighted by Crippen LogP contribution is -2.05. The molecule has 1 aromatic heterocycles. The number of phenolic OH excluding ortho intramolecular Hbond substituents is 4. The van der Waals surface area contributed by atoms with Crippen LogP contribution >= 0.6 is 0 Å². The summed E-state index contributed by atoms with van der Waals surface area (Å²) in [5.74, 6) is -3.24. The van der Waals surface area contributed by atoms with Crippen LogP contribution in [0.25, 0.3) is 22.3 Å². The quantitative estimate of drug-likeness (QED) is 0.386. The maximum atomic E-state index is 12.4. The zero-order valence-corrected chi connectivity index (χ0v) is 12.9. The van der Waals surface area contributed by atoms with Crippen LogP contribution in [-0.4, -0.2) is 30.6 Å². The van der Waals surface area contributed by atoms with Crippen molar-refractivity contribution in [3.05, 3.63) is 40.1 Å². The second kappa shape index (κ2) is 5.60. The van der Waals surface area contributed by atoms with Crippen LogP contribution in [0, 0.1) is 0 Å². The zero-order chi connectivity index (χ0) is 18.5. The molecule has 2 aromatic carbocycles. The van der Waals surface area contributed by atoms with E-state index in [0.29, 0.717) is 0 Å². The lowest BCUT2D eigenvalue weighted by atomic mass is 10.0. The molecule has 0 aliphatic carbocycles. The van der Waals surface area contributed by atoms with Crippen molar-refractivity contribution in [2.75, 3.05) is 0 Å². The monoisotopic (exact) mass is 346 g/mol. The van der Waals surface area contributed by atoms with Crippen molar-refractivity contribution >= 4 is 11.0 Å². The van der Waals surface area contributed by atoms with Gasteiger partial charge in [-0.1, -0.05) is 0 Å². The van der Waals surface area contributed by atoms with Gasteiger partial charge in [-0.3, -0.25) is 4.79 Å². The molecule has 0 aliphatic heterocycles. The van der Waals surface area contributed by atoms with E-state index in [1.165, 1.54) is 13.0 Å². The van der Waals surface area contributed by atoms with Gasteiger partial charge in [0, 0.05) is 11.6 Å². The summed E-state index contributed by atoms with van der Waals surface area (Å²) in [5, 5.41) is 58.4. The number of hydrogen-bond donors (Lipinski definition) is 6. The minimum Gasteiger partial charge on any atom is -0.507 e. The van der Waals surface area contributed by atoms with Crippen molar-refractivity contribution in [1.82, 2.24) is 0 Å². The molecule has 3 aromatic rings. The minimum atomic E-state index is -1.26. The third-order valence-electron chi connectivity index (χ3n) is 3.81. The normalized spacial score (nSPS) is 12.4. The van der Waals surface area contributed by atoms with Gasteiger partial charge in [0.1, 0.15) is 22.5 Å². The van der Waals surface area contributed by atoms with E-state index in [1.807, 2.05) is 0 Å². The van der Waals surface area contributed by atoms with Gasteiger partial charge in [0.25, 0.3) is 0 Å². The molecular formula is C17H14O8. The van der Waals surface area contributed by atoms with Crippen LogP contribution in [0.15, 0.2) is 33.5 Å². The zero-order valence-electron chi connectivity index (χ0n) is 12.9. The third-order valence-corrected chi connectivity index (χ3v) is 3.81. The Morgan fingerprint density at radius 2 is 1.60 bits per heavy atom. The van der Waals surface area contributed by atoms with Gasteiger partial charge in [-0.05, 0) is 25.1 Å². The van der Waals surface area contributed by atoms with Gasteiger partial charge in [0.15, 0.2) is 17.3 Å². The molecule has 25 heavy (non-hydrogen) atoms. The topological polar surface area (TPSA) is 152 Å². The number of hydrogen-bond acceptors (Lipinski definition) is 8. The van der Waals surface area contributed by atoms with E-state index in [0.717, 1.165) is 18.2 Å². The van der Waals surface area contributed by atoms with E-state index in [4.69, 9.17) is 4.42 Å². The molecule has 0 radical (unpaired) electrons. The Morgan fingerprint density at radius 1 is 0.920 bits per heavy atom. The second-order valence-electron chi connectivity index (χ2n) is 5.52. The highest BCUT2D eigenvalue weighted by molar-refractivity contribution is 5.90. The van der Waals surface area contributed by atoms with Crippen LogP contribution in [-0.2, 0) is 0 Å². The Morgan fingerprint density at radius 3 is 2.20 bits per heavy atom. The average Bonchev–Trinajstić information content (AvgIpc) is 2.52. The first-order chi connectivity index (χ1) is 11.7. The van der Waals surface area contributed by atoms with Gasteiger partial charge < -0.3 is 35.1 Å². The molecule has 3 rings (SSSR count). The number of benzene rings is 2. The average molecular weight is 346 g/mol. The summed E-state index contributed by atoms with van der Waals surface area (Å²) in [6.45, 7) is 1.29. The van der Waals surface area contributed by atoms with E-state index in [1.54, 1.807) is 0 Å². The predicted octanol–water partition coefficient (Wildman–Crippen LogP) is 2.04. The van der Waals surface area contributed by atoms with Crippen molar-refractivity contribution in [1.29, 1.82) is 0 Å². The summed E-state index contributed by atoms with van der Waals surface area (Å²) in [7, 11) is 0. The van der Waals surface area contributed by atoms with Gasteiger partial charge in [0.2, 0.25) is 11.2 Å². The summed E-state index contributed by atoms with van der Waals surface area (Å²) in [6, 6.07) is 4.54. The number of fused-ring (bicyclic) bond motifs is 1. The molecule has 0 amide bonds. The highest BCUT2D eigenvalue weighted by atomic mass is 16.4. The third kappa shape index (κ3) is 2.48. The highest BCUT2D eigenvalue weighted by Gasteiger charge is 2.24. The molecule has 0 spiro atoms. The molecule has 1 unspecified atom stereocenters. The van der Waals surface area contributed by atoms with Crippen LogP contribution in [0.4, 0.5) is 0 Å². The van der Waals surface area contributed by atoms with Gasteiger partial charge in [-0.2, -0.15) is 0 Å². The lowest BCUT2D eigenvalue weighted by Gasteiger charge is -2.13. The van der Waals surface area contributed by atoms with Crippen LogP contribution < -0.4 is 5.43 Å². The van der Waals surface area contributed by atoms with Gasteiger partial charge in [0.05, 0.1) is 11.7 Å². The number of aliphatic hydroxyl groups is 1. The Balaban J connectivity index is 2.38. The summed E-state index contributed by atoms with van der Waals surface area (Å²) in [5.41, 5.74) is -1.40. The first-order valence-corrected chi connectivity index (χ1v) is 7.17. The summed E-state index contributed by atoms with van der Waals surface area (Å²) in [4.78, 5) is 12.4. The molecule has 0 aliphatic rings. The first kappa shape index (κ1) is 16.5. The molecule has 0 saturated heterocycles. The number of rotatable bonds is 2. The smallest absolute Gasteiger partial charge is 0.238 e. The minimum absolute atomic E-state index is 0.0883. The van der Waals surface area contributed by atoms with Gasteiger partial charge >= 0.3 is 0 Å². The number of phenols is 4. The van der Waals surface area contributed by atoms with Crippen molar-refractivity contribution in [2.45, 2.75) is 13.0 Å². The Labute approximate surface area is 140 Å². The van der Waals surface area contributed by atoms with E-state index < -0.39 is 45.7 Å². The maximum Gasteiger partial charge on any atom is 0.238 e. The van der Waals surface area contributed by atoms with Crippen LogP contribution in [0.3, 0.4) is 0 Å². The van der Waals surface area contributed by atoms with E-state index in [9.17, 15) is 35.4 Å². The standard InChI is InChI=1S/C17H14O8/c1-6(18)12-10(21)5-11-13(14(12)22)15(23)16(24)17(25-11)7-2-3-8(19)9(20)4-7/h2-6,18-22,24H,1H3. The molecular weight excluding hydrogens is 332 g/mol. The molecule has 0 bridgehead atoms. The van der Waals surface area contributed by atoms with E-state index in [2.05, 4.69) is 0 Å². The second-order valence-corrected chi connectivity index (χ2v) is 5.52. The molecule has 1 heterocycles. The van der Waals surface area contributed by atoms with E-state index >= 15 is 0 Å². The van der Waals surface area contributed by atoms with Crippen molar-refractivity contribution < 1.29 is 35.1 Å². The highest BCUT2D eigenvalue weighted by Crippen LogP contribution is 2.41. The van der Waals surface area contributed by atoms with Crippen LogP contribution in [0.2, 0.25) is 0 Å². The number of aliphatic hydroxyl groups excluding tert-OH is 1. The molecule has 1 atom stereocenters. The van der Waals surface area contributed by atoms with Crippen molar-refractivity contribution in [3.8, 4) is 40.1 Å². The Hall–Kier alpha value is -3.39. The first-order valence-electron chi connectivity index (χ1n) is 7.17. The molecule has 6 N–H and O–H groups in total. The summed E-state index contributed by atoms with van der Waals surface area (Å²) < 4.78 is 5.41. The largest absolute Gasteiger partial charge is 0.507 e. The fourth-order valence-electron chi connectivity index (χ4n) is 2.60. The molecule has 130 valence electrons. The maximum absolute atomic E-state index is 12.4. The van der Waals surface area contributed by atoms with Crippen LogP contribution in [0.5, 0.6) is 28.7 Å². The fourth-order valence-corrected chi connectivity index (χ4v) is 2.60. The number of aromatic hydroxyl groups is 5. The summed E-state index contributed by atoms with van der Waals surface area (Å²) in [6.07, 6.45) is -1.26. The van der Waals surface area contributed by atoms with Gasteiger partial charge in [-0.25, -0.2) is 0 Å². The van der Waals surface area contributed by atoms with Crippen molar-refractivity contribution in [3.63, 3.8) is 0 Å². The van der Waals surface area contributed by atoms with Crippen molar-refractivity contribution in [2.24, 2.45) is 0 Å². The predicted molar refractivity (Wildman–Crippen MR) is 86.9 cm³/mol. The molecule has 8 heteroatoms. The fraction of sp³-hybridized carbons (Fsp3) is 0.118. The lowest BCUT2D eigenvalue weighted by molar-refractivity contribution is 0.190.